The number of aromatic nitrogens is 3. The number of nitrogens with zero attached hydrogens (tertiary/aromatic N) is 5. The van der Waals surface area contributed by atoms with Gasteiger partial charge in [-0.25, -0.2) is 13.1 Å². The summed E-state index contributed by atoms with van der Waals surface area (Å²) in [5.74, 6) is 0.281. The van der Waals surface area contributed by atoms with Crippen LogP contribution in [0.4, 0.5) is 11.5 Å². The van der Waals surface area contributed by atoms with Crippen LogP contribution < -0.4 is 4.31 Å². The van der Waals surface area contributed by atoms with Crippen molar-refractivity contribution in [3.05, 3.63) is 40.6 Å². The molecule has 0 aliphatic carbocycles. The standard InChI is InChI=1S/C10H11N5O4S/c1-13-10(7-11-12-13)14(2)20(18,19)9-5-3-8(4-6-9)15(16)17/h3-7H,1-2H3. The second-order valence-electron chi connectivity index (χ2n) is 3.94. The average molecular weight is 297 g/mol. The summed E-state index contributed by atoms with van der Waals surface area (Å²) < 4.78 is 27.0. The predicted molar refractivity (Wildman–Crippen MR) is 69.7 cm³/mol. The molecular weight excluding hydrogens is 286 g/mol. The van der Waals surface area contributed by atoms with Crippen LogP contribution in [0.3, 0.4) is 0 Å². The fraction of sp³-hybridized carbons (Fsp3) is 0.200. The van der Waals surface area contributed by atoms with Gasteiger partial charge in [0.15, 0.2) is 5.82 Å². The third kappa shape index (κ3) is 2.32. The van der Waals surface area contributed by atoms with E-state index >= 15 is 0 Å². The van der Waals surface area contributed by atoms with E-state index in [1.807, 2.05) is 0 Å². The molecule has 0 unspecified atom stereocenters. The molecule has 2 rings (SSSR count). The van der Waals surface area contributed by atoms with Crippen LogP contribution in [-0.4, -0.2) is 35.4 Å². The number of rotatable bonds is 4. The molecule has 0 aliphatic rings. The Bertz CT molecular complexity index is 737. The van der Waals surface area contributed by atoms with E-state index in [1.54, 1.807) is 7.05 Å². The van der Waals surface area contributed by atoms with Gasteiger partial charge >= 0.3 is 0 Å². The predicted octanol–water partition coefficient (Wildman–Crippen LogP) is 0.548. The van der Waals surface area contributed by atoms with Crippen molar-refractivity contribution < 1.29 is 13.3 Å². The van der Waals surface area contributed by atoms with Gasteiger partial charge in [0, 0.05) is 26.2 Å². The molecule has 0 N–H and O–H groups in total. The van der Waals surface area contributed by atoms with Crippen LogP contribution in [-0.2, 0) is 17.1 Å². The topological polar surface area (TPSA) is 111 Å². The van der Waals surface area contributed by atoms with E-state index in [1.165, 1.54) is 30.1 Å². The van der Waals surface area contributed by atoms with Gasteiger partial charge in [-0.1, -0.05) is 5.21 Å². The number of anilines is 1. The highest BCUT2D eigenvalue weighted by Crippen LogP contribution is 2.22. The summed E-state index contributed by atoms with van der Waals surface area (Å²) in [6.45, 7) is 0. The van der Waals surface area contributed by atoms with Gasteiger partial charge in [-0.2, -0.15) is 0 Å². The lowest BCUT2D eigenvalue weighted by atomic mass is 10.3. The Morgan fingerprint density at radius 1 is 1.30 bits per heavy atom. The van der Waals surface area contributed by atoms with Crippen molar-refractivity contribution in [2.24, 2.45) is 7.05 Å². The van der Waals surface area contributed by atoms with Gasteiger partial charge in [-0.15, -0.1) is 5.10 Å². The Balaban J connectivity index is 2.40. The second-order valence-corrected chi connectivity index (χ2v) is 5.91. The van der Waals surface area contributed by atoms with E-state index in [4.69, 9.17) is 0 Å². The van der Waals surface area contributed by atoms with Crippen LogP contribution in [0, 0.1) is 10.1 Å². The van der Waals surface area contributed by atoms with E-state index in [0.717, 1.165) is 16.4 Å². The molecule has 0 fully saturated rings. The minimum Gasteiger partial charge on any atom is -0.258 e. The van der Waals surface area contributed by atoms with E-state index in [-0.39, 0.29) is 16.4 Å². The van der Waals surface area contributed by atoms with Crippen molar-refractivity contribution in [1.82, 2.24) is 15.0 Å². The number of non-ortho nitro benzene ring substituents is 1. The normalized spacial score (nSPS) is 11.3. The van der Waals surface area contributed by atoms with Gasteiger partial charge in [0.05, 0.1) is 16.0 Å². The Hall–Kier alpha value is -2.49. The van der Waals surface area contributed by atoms with Crippen LogP contribution in [0.2, 0.25) is 0 Å². The zero-order chi connectivity index (χ0) is 14.9. The van der Waals surface area contributed by atoms with E-state index in [9.17, 15) is 18.5 Å². The summed E-state index contributed by atoms with van der Waals surface area (Å²) in [7, 11) is -0.901. The Morgan fingerprint density at radius 3 is 2.35 bits per heavy atom. The maximum Gasteiger partial charge on any atom is 0.269 e. The Morgan fingerprint density at radius 2 is 1.90 bits per heavy atom. The highest BCUT2D eigenvalue weighted by Gasteiger charge is 2.24. The summed E-state index contributed by atoms with van der Waals surface area (Å²) in [6.07, 6.45) is 1.31. The largest absolute Gasteiger partial charge is 0.269 e. The van der Waals surface area contributed by atoms with Crippen LogP contribution in [0.15, 0.2) is 35.4 Å². The third-order valence-electron chi connectivity index (χ3n) is 2.72. The molecule has 0 radical (unpaired) electrons. The summed E-state index contributed by atoms with van der Waals surface area (Å²) in [4.78, 5) is 9.91. The first-order valence-corrected chi connectivity index (χ1v) is 6.86. The third-order valence-corrected chi connectivity index (χ3v) is 4.50. The second kappa shape index (κ2) is 4.89. The summed E-state index contributed by atoms with van der Waals surface area (Å²) in [5, 5.41) is 17.8. The van der Waals surface area contributed by atoms with Crippen LogP contribution in [0.1, 0.15) is 0 Å². The van der Waals surface area contributed by atoms with Crippen molar-refractivity contribution in [3.63, 3.8) is 0 Å². The zero-order valence-electron chi connectivity index (χ0n) is 10.7. The molecule has 1 aromatic heterocycles. The first-order chi connectivity index (χ1) is 9.34. The molecule has 9 nitrogen and oxygen atoms in total. The fourth-order valence-corrected chi connectivity index (χ4v) is 2.80. The quantitative estimate of drug-likeness (QED) is 0.601. The van der Waals surface area contributed by atoms with Gasteiger partial charge < -0.3 is 0 Å². The molecule has 1 aromatic carbocycles. The molecule has 1 heterocycles. The number of aryl methyl sites for hydroxylation is 1. The Kier molecular flexibility index (Phi) is 3.40. The molecule has 0 saturated carbocycles. The molecule has 106 valence electrons. The van der Waals surface area contributed by atoms with Gasteiger partial charge in [0.2, 0.25) is 0 Å². The fourth-order valence-electron chi connectivity index (χ4n) is 1.59. The highest BCUT2D eigenvalue weighted by atomic mass is 32.2. The van der Waals surface area contributed by atoms with Crippen molar-refractivity contribution in [3.8, 4) is 0 Å². The number of hydrogen-bond donors (Lipinski definition) is 0. The average Bonchev–Trinajstić information content (AvgIpc) is 2.84. The molecule has 0 aliphatic heterocycles. The lowest BCUT2D eigenvalue weighted by molar-refractivity contribution is -0.384. The van der Waals surface area contributed by atoms with Crippen LogP contribution >= 0.6 is 0 Å². The number of nitro groups is 1. The molecule has 0 atom stereocenters. The molecule has 2 aromatic rings. The highest BCUT2D eigenvalue weighted by molar-refractivity contribution is 7.92. The van der Waals surface area contributed by atoms with Crippen LogP contribution in [0.5, 0.6) is 0 Å². The summed E-state index contributed by atoms with van der Waals surface area (Å²) in [5.41, 5.74) is -0.172. The van der Waals surface area contributed by atoms with Gasteiger partial charge in [-0.3, -0.25) is 14.4 Å². The number of benzene rings is 1. The smallest absolute Gasteiger partial charge is 0.258 e. The zero-order valence-corrected chi connectivity index (χ0v) is 11.5. The van der Waals surface area contributed by atoms with Crippen molar-refractivity contribution in [2.45, 2.75) is 4.90 Å². The monoisotopic (exact) mass is 297 g/mol. The van der Waals surface area contributed by atoms with Crippen molar-refractivity contribution in [1.29, 1.82) is 0 Å². The van der Waals surface area contributed by atoms with Gasteiger partial charge in [-0.05, 0) is 12.1 Å². The minimum atomic E-state index is -3.82. The lowest BCUT2D eigenvalue weighted by Crippen LogP contribution is -2.28. The number of nitro benzene ring substituents is 1. The molecule has 0 amide bonds. The molecule has 10 heteroatoms. The number of hydrogen-bond acceptors (Lipinski definition) is 6. The molecule has 20 heavy (non-hydrogen) atoms. The first-order valence-electron chi connectivity index (χ1n) is 5.42. The SMILES string of the molecule is CN(c1cnnn1C)S(=O)(=O)c1ccc([N+](=O)[O-])cc1. The first kappa shape index (κ1) is 13.9. The maximum absolute atomic E-state index is 12.4. The minimum absolute atomic E-state index is 0.0493. The summed E-state index contributed by atoms with van der Waals surface area (Å²) in [6, 6.07) is 4.66. The van der Waals surface area contributed by atoms with Crippen molar-refractivity contribution >= 4 is 21.5 Å². The molecular formula is C10H11N5O4S. The van der Waals surface area contributed by atoms with Gasteiger partial charge in [0.25, 0.3) is 15.7 Å². The van der Waals surface area contributed by atoms with E-state index in [2.05, 4.69) is 10.3 Å². The lowest BCUT2D eigenvalue weighted by Gasteiger charge is -2.18. The van der Waals surface area contributed by atoms with E-state index < -0.39 is 14.9 Å². The van der Waals surface area contributed by atoms with Gasteiger partial charge in [0.1, 0.15) is 0 Å². The van der Waals surface area contributed by atoms with Crippen LogP contribution in [0.25, 0.3) is 0 Å². The molecule has 0 bridgehead atoms. The van der Waals surface area contributed by atoms with E-state index in [0.29, 0.717) is 0 Å². The molecule has 0 saturated heterocycles. The number of sulfonamides is 1. The van der Waals surface area contributed by atoms with Crippen molar-refractivity contribution in [2.75, 3.05) is 11.4 Å². The Labute approximate surface area is 114 Å². The maximum atomic E-state index is 12.4. The molecule has 0 spiro atoms. The summed E-state index contributed by atoms with van der Waals surface area (Å²) >= 11 is 0.